The molecule has 0 spiro atoms. The van der Waals surface area contributed by atoms with Crippen molar-refractivity contribution in [3.63, 3.8) is 0 Å². The summed E-state index contributed by atoms with van der Waals surface area (Å²) in [5, 5.41) is 4.70. The summed E-state index contributed by atoms with van der Waals surface area (Å²) < 4.78 is 66.7. The van der Waals surface area contributed by atoms with Crippen LogP contribution in [0.15, 0.2) is 96.7 Å². The van der Waals surface area contributed by atoms with Crippen molar-refractivity contribution >= 4 is 58.9 Å². The van der Waals surface area contributed by atoms with Gasteiger partial charge in [0.1, 0.15) is 6.54 Å². The molecule has 11 heteroatoms. The molecule has 6 rings (SSSR count). The van der Waals surface area contributed by atoms with Crippen molar-refractivity contribution in [3.8, 4) is 0 Å². The summed E-state index contributed by atoms with van der Waals surface area (Å²) in [6.07, 6.45) is 8.32. The molecule has 0 aromatic heterocycles. The maximum absolute atomic E-state index is 11.4. The van der Waals surface area contributed by atoms with Crippen LogP contribution in [0.1, 0.15) is 64.5 Å². The van der Waals surface area contributed by atoms with Crippen molar-refractivity contribution in [1.82, 2.24) is 0 Å². The van der Waals surface area contributed by atoms with Crippen molar-refractivity contribution in [2.75, 3.05) is 29.5 Å². The molecule has 3 N–H and O–H groups in total. The van der Waals surface area contributed by atoms with Crippen LogP contribution in [0, 0.1) is 0 Å². The third kappa shape index (κ3) is 7.29. The minimum atomic E-state index is -4.03. The van der Waals surface area contributed by atoms with Crippen molar-refractivity contribution in [3.05, 3.63) is 108 Å². The average molecular weight is 719 g/mol. The van der Waals surface area contributed by atoms with Crippen LogP contribution in [0.25, 0.3) is 21.5 Å². The summed E-state index contributed by atoms with van der Waals surface area (Å²) >= 11 is 0. The zero-order valence-electron chi connectivity index (χ0n) is 29.0. The van der Waals surface area contributed by atoms with Crippen LogP contribution >= 0.6 is 0 Å². The Morgan fingerprint density at radius 1 is 0.700 bits per heavy atom. The molecule has 0 saturated carbocycles. The molecule has 0 fully saturated rings. The topological polar surface area (TPSA) is 145 Å². The predicted molar refractivity (Wildman–Crippen MR) is 202 cm³/mol. The first-order valence-corrected chi connectivity index (χ1v) is 20.1. The molecule has 266 valence electrons. The van der Waals surface area contributed by atoms with Gasteiger partial charge in [0.2, 0.25) is 5.69 Å². The predicted octanol–water partition coefficient (Wildman–Crippen LogP) is 7.77. The first-order valence-electron chi connectivity index (χ1n) is 16.9. The van der Waals surface area contributed by atoms with E-state index >= 15 is 0 Å². The van der Waals surface area contributed by atoms with E-state index in [1.54, 1.807) is 0 Å². The maximum Gasteiger partial charge on any atom is 0.264 e. The van der Waals surface area contributed by atoms with Gasteiger partial charge < -0.3 is 10.4 Å². The molecule has 0 atom stereocenters. The number of anilines is 1. The number of hydrogen-bond acceptors (Lipinski definition) is 6. The number of nitrogens with zero attached hydrogens (tertiary/aromatic N) is 2. The Labute approximate surface area is 295 Å². The summed E-state index contributed by atoms with van der Waals surface area (Å²) in [4.78, 5) is 2.29. The smallest absolute Gasteiger partial charge is 0.264 e. The fourth-order valence-electron chi connectivity index (χ4n) is 7.89. The van der Waals surface area contributed by atoms with Gasteiger partial charge >= 0.3 is 0 Å². The van der Waals surface area contributed by atoms with E-state index in [0.717, 1.165) is 33.6 Å². The van der Waals surface area contributed by atoms with E-state index in [1.807, 2.05) is 12.1 Å². The number of allylic oxidation sites excluding steroid dienone is 4. The van der Waals surface area contributed by atoms with E-state index < -0.39 is 20.2 Å². The fraction of sp³-hybridized carbons (Fsp3) is 0.359. The highest BCUT2D eigenvalue weighted by Gasteiger charge is 2.45. The SMILES string of the molecule is CC1(C)C(=CC=CC2=[N+](CCCCS(=O)(=O)O)c3ccc4ccccc4c3C2(C)C)N(CCCCS(=O)(=O)O)c2ccc3ccccc3c21.[OH-]. The van der Waals surface area contributed by atoms with Crippen LogP contribution < -0.4 is 4.90 Å². The van der Waals surface area contributed by atoms with Crippen LogP contribution in [-0.2, 0) is 31.1 Å². The molecule has 0 unspecified atom stereocenters. The Hall–Kier alpha value is -3.87. The van der Waals surface area contributed by atoms with Gasteiger partial charge in [0.15, 0.2) is 5.71 Å². The monoisotopic (exact) mass is 718 g/mol. The zero-order chi connectivity index (χ0) is 35.2. The number of unbranched alkanes of at least 4 members (excludes halogenated alkanes) is 2. The third-order valence-electron chi connectivity index (χ3n) is 10.1. The molecule has 0 amide bonds. The first-order chi connectivity index (χ1) is 23.1. The second-order valence-electron chi connectivity index (χ2n) is 14.2. The van der Waals surface area contributed by atoms with E-state index in [9.17, 15) is 25.9 Å². The van der Waals surface area contributed by atoms with Gasteiger partial charge in [0, 0.05) is 47.5 Å². The Kier molecular flexibility index (Phi) is 10.5. The molecule has 4 aromatic carbocycles. The van der Waals surface area contributed by atoms with Crippen molar-refractivity contribution < 1.29 is 36.0 Å². The van der Waals surface area contributed by atoms with Crippen LogP contribution in [0.2, 0.25) is 0 Å². The number of hydrogen-bond donors (Lipinski definition) is 2. The van der Waals surface area contributed by atoms with Crippen LogP contribution in [-0.4, -0.2) is 66.3 Å². The van der Waals surface area contributed by atoms with Crippen molar-refractivity contribution in [1.29, 1.82) is 0 Å². The lowest BCUT2D eigenvalue weighted by molar-refractivity contribution is -0.438. The number of benzene rings is 4. The molecule has 2 aliphatic rings. The highest BCUT2D eigenvalue weighted by molar-refractivity contribution is 7.86. The summed E-state index contributed by atoms with van der Waals surface area (Å²) in [6.45, 7) is 10.1. The van der Waals surface area contributed by atoms with Gasteiger partial charge in [-0.3, -0.25) is 9.11 Å². The highest BCUT2D eigenvalue weighted by atomic mass is 32.2. The molecule has 2 aliphatic heterocycles. The molecule has 2 heterocycles. The molecule has 0 radical (unpaired) electrons. The second kappa shape index (κ2) is 14.0. The van der Waals surface area contributed by atoms with Crippen LogP contribution in [0.3, 0.4) is 0 Å². The van der Waals surface area contributed by atoms with Gasteiger partial charge in [-0.1, -0.05) is 74.5 Å². The molecule has 4 aromatic rings. The van der Waals surface area contributed by atoms with Gasteiger partial charge in [-0.2, -0.15) is 21.4 Å². The quantitative estimate of drug-likeness (QED) is 0.0859. The second-order valence-corrected chi connectivity index (χ2v) is 17.3. The van der Waals surface area contributed by atoms with E-state index in [4.69, 9.17) is 0 Å². The summed E-state index contributed by atoms with van der Waals surface area (Å²) in [7, 11) is -8.06. The molecular weight excluding hydrogens is 673 g/mol. The van der Waals surface area contributed by atoms with Gasteiger partial charge in [-0.15, -0.1) is 0 Å². The molecule has 50 heavy (non-hydrogen) atoms. The Morgan fingerprint density at radius 3 is 1.88 bits per heavy atom. The highest BCUT2D eigenvalue weighted by Crippen LogP contribution is 2.51. The largest absolute Gasteiger partial charge is 0.870 e. The average Bonchev–Trinajstić information content (AvgIpc) is 3.39. The van der Waals surface area contributed by atoms with Crippen LogP contribution in [0.4, 0.5) is 11.4 Å². The fourth-order valence-corrected chi connectivity index (χ4v) is 9.03. The molecule has 9 nitrogen and oxygen atoms in total. The summed E-state index contributed by atoms with van der Waals surface area (Å²) in [5.74, 6) is -0.535. The minimum absolute atomic E-state index is 0. The molecule has 0 saturated heterocycles. The standard InChI is InChI=1S/C39H44N2O6S2.H2O/c1-38(2)34(40(24-9-11-26-48(42,43)44)32-22-20-28-14-5-7-16-30(28)36(32)38)18-13-19-35-39(3,4)37-31-17-8-6-15-29(31)21-23-33(37)41(35)25-10-12-27-49(45,46)47;/h5-8,13-23H,9-12,24-27H2,1-4H3,(H-,42,43,44,45,46,47);1H2. The molecular formula is C39H46N2O7S2. The third-order valence-corrected chi connectivity index (χ3v) is 11.7. The normalized spacial score (nSPS) is 17.6. The summed E-state index contributed by atoms with van der Waals surface area (Å²) in [6, 6.07) is 25.3. The van der Waals surface area contributed by atoms with Gasteiger partial charge in [0.25, 0.3) is 20.2 Å². The Bertz CT molecular complexity index is 2250. The van der Waals surface area contributed by atoms with Crippen LogP contribution in [0.5, 0.6) is 0 Å². The number of rotatable bonds is 12. The Morgan fingerprint density at radius 2 is 1.26 bits per heavy atom. The van der Waals surface area contributed by atoms with E-state index in [1.165, 1.54) is 21.9 Å². The lowest BCUT2D eigenvalue weighted by atomic mass is 9.79. The minimum Gasteiger partial charge on any atom is -0.870 e. The van der Waals surface area contributed by atoms with Gasteiger partial charge in [-0.25, -0.2) is 0 Å². The van der Waals surface area contributed by atoms with Crippen molar-refractivity contribution in [2.45, 2.75) is 64.2 Å². The van der Waals surface area contributed by atoms with E-state index in [0.29, 0.717) is 38.8 Å². The lowest BCUT2D eigenvalue weighted by Crippen LogP contribution is -2.28. The first kappa shape index (κ1) is 37.4. The van der Waals surface area contributed by atoms with Gasteiger partial charge in [-0.05, 0) is 78.4 Å². The lowest BCUT2D eigenvalue weighted by Gasteiger charge is -2.27. The number of fused-ring (bicyclic) bond motifs is 6. The molecule has 0 bridgehead atoms. The zero-order valence-corrected chi connectivity index (χ0v) is 30.6. The van der Waals surface area contributed by atoms with E-state index in [-0.39, 0.29) is 27.8 Å². The van der Waals surface area contributed by atoms with Crippen molar-refractivity contribution in [2.24, 2.45) is 0 Å². The maximum atomic E-state index is 11.4. The summed E-state index contributed by atoms with van der Waals surface area (Å²) in [5.41, 5.74) is 6.15. The van der Waals surface area contributed by atoms with E-state index in [2.05, 4.69) is 116 Å². The molecule has 0 aliphatic carbocycles. The Balaban J connectivity index is 0.00000486. The van der Waals surface area contributed by atoms with Gasteiger partial charge in [0.05, 0.1) is 16.9 Å².